The lowest BCUT2D eigenvalue weighted by atomic mass is 9.81. The standard InChI is InChI=1S/C15H25N3OS.ClH/c1-2-11-3-5-12(6-4-11)9-17-15(19)13-10-20-14(18-13)7-8-16;/h10-12H,2-9,16H2,1H3,(H,17,19);1H. The molecule has 0 spiro atoms. The lowest BCUT2D eigenvalue weighted by molar-refractivity contribution is 0.0936. The number of nitrogens with two attached hydrogens (primary N) is 1. The summed E-state index contributed by atoms with van der Waals surface area (Å²) in [6.07, 6.45) is 7.16. The summed E-state index contributed by atoms with van der Waals surface area (Å²) in [6.45, 7) is 3.64. The summed E-state index contributed by atoms with van der Waals surface area (Å²) in [6, 6.07) is 0. The van der Waals surface area contributed by atoms with Crippen LogP contribution in [0.3, 0.4) is 0 Å². The van der Waals surface area contributed by atoms with Crippen LogP contribution >= 0.6 is 23.7 Å². The first-order valence-electron chi connectivity index (χ1n) is 7.65. The predicted octanol–water partition coefficient (Wildman–Crippen LogP) is 3.01. The van der Waals surface area contributed by atoms with E-state index in [1.54, 1.807) is 0 Å². The van der Waals surface area contributed by atoms with Crippen LogP contribution in [0.4, 0.5) is 0 Å². The Morgan fingerprint density at radius 2 is 2.05 bits per heavy atom. The van der Waals surface area contributed by atoms with Gasteiger partial charge in [0.1, 0.15) is 5.69 Å². The first kappa shape index (κ1) is 18.4. The number of aromatic nitrogens is 1. The molecule has 0 saturated heterocycles. The van der Waals surface area contributed by atoms with Crippen molar-refractivity contribution in [1.82, 2.24) is 10.3 Å². The second-order valence-corrected chi connectivity index (χ2v) is 6.61. The maximum absolute atomic E-state index is 12.0. The maximum Gasteiger partial charge on any atom is 0.270 e. The highest BCUT2D eigenvalue weighted by Gasteiger charge is 2.20. The van der Waals surface area contributed by atoms with E-state index in [-0.39, 0.29) is 18.3 Å². The van der Waals surface area contributed by atoms with Crippen LogP contribution in [0.25, 0.3) is 0 Å². The number of halogens is 1. The Labute approximate surface area is 137 Å². The van der Waals surface area contributed by atoms with E-state index in [2.05, 4.69) is 17.2 Å². The zero-order valence-electron chi connectivity index (χ0n) is 12.6. The van der Waals surface area contributed by atoms with Crippen molar-refractivity contribution in [1.29, 1.82) is 0 Å². The SMILES string of the molecule is CCC1CCC(CNC(=O)c2csc(CCN)n2)CC1.Cl. The van der Waals surface area contributed by atoms with Gasteiger partial charge in [-0.15, -0.1) is 23.7 Å². The Bertz CT molecular complexity index is 430. The van der Waals surface area contributed by atoms with Gasteiger partial charge >= 0.3 is 0 Å². The summed E-state index contributed by atoms with van der Waals surface area (Å²) >= 11 is 1.52. The number of carbonyl (C=O) groups excluding carboxylic acids is 1. The van der Waals surface area contributed by atoms with E-state index in [1.165, 1.54) is 43.4 Å². The zero-order chi connectivity index (χ0) is 14.4. The molecule has 1 aliphatic carbocycles. The molecule has 120 valence electrons. The van der Waals surface area contributed by atoms with E-state index in [0.717, 1.165) is 23.9 Å². The van der Waals surface area contributed by atoms with Gasteiger partial charge in [0.2, 0.25) is 0 Å². The van der Waals surface area contributed by atoms with Crippen LogP contribution in [-0.4, -0.2) is 24.0 Å². The smallest absolute Gasteiger partial charge is 0.270 e. The van der Waals surface area contributed by atoms with Crippen molar-refractivity contribution in [3.63, 3.8) is 0 Å². The molecule has 0 aromatic carbocycles. The van der Waals surface area contributed by atoms with Gasteiger partial charge < -0.3 is 11.1 Å². The first-order valence-corrected chi connectivity index (χ1v) is 8.53. The molecule has 6 heteroatoms. The number of carbonyl (C=O) groups is 1. The van der Waals surface area contributed by atoms with Crippen molar-refractivity contribution in [3.05, 3.63) is 16.1 Å². The second kappa shape index (κ2) is 9.38. The summed E-state index contributed by atoms with van der Waals surface area (Å²) in [5.41, 5.74) is 6.03. The average Bonchev–Trinajstić information content (AvgIpc) is 2.94. The van der Waals surface area contributed by atoms with Crippen molar-refractivity contribution in [2.24, 2.45) is 17.6 Å². The number of nitrogens with one attached hydrogen (secondary N) is 1. The summed E-state index contributed by atoms with van der Waals surface area (Å²) in [7, 11) is 0. The highest BCUT2D eigenvalue weighted by Crippen LogP contribution is 2.30. The fraction of sp³-hybridized carbons (Fsp3) is 0.733. The Hall–Kier alpha value is -0.650. The fourth-order valence-electron chi connectivity index (χ4n) is 2.82. The average molecular weight is 332 g/mol. The van der Waals surface area contributed by atoms with Crippen molar-refractivity contribution in [2.45, 2.75) is 45.4 Å². The molecular formula is C15H26ClN3OS. The van der Waals surface area contributed by atoms with Crippen LogP contribution < -0.4 is 11.1 Å². The molecule has 1 heterocycles. The van der Waals surface area contributed by atoms with Gasteiger partial charge in [0.15, 0.2) is 0 Å². The number of amides is 1. The van der Waals surface area contributed by atoms with Gasteiger partial charge in [-0.3, -0.25) is 4.79 Å². The van der Waals surface area contributed by atoms with Gasteiger partial charge in [-0.25, -0.2) is 4.98 Å². The maximum atomic E-state index is 12.0. The van der Waals surface area contributed by atoms with Crippen molar-refractivity contribution >= 4 is 29.7 Å². The number of thiazole rings is 1. The summed E-state index contributed by atoms with van der Waals surface area (Å²) in [5.74, 6) is 1.50. The Morgan fingerprint density at radius 3 is 2.67 bits per heavy atom. The summed E-state index contributed by atoms with van der Waals surface area (Å²) in [5, 5.41) is 5.80. The van der Waals surface area contributed by atoms with Crippen LogP contribution in [0.2, 0.25) is 0 Å². The first-order chi connectivity index (χ1) is 9.72. The molecule has 1 aromatic heterocycles. The number of rotatable bonds is 6. The molecule has 1 saturated carbocycles. The van der Waals surface area contributed by atoms with E-state index < -0.39 is 0 Å². The third-order valence-electron chi connectivity index (χ3n) is 4.24. The number of nitrogens with zero attached hydrogens (tertiary/aromatic N) is 1. The Balaban J connectivity index is 0.00000220. The largest absolute Gasteiger partial charge is 0.350 e. The molecule has 1 aromatic rings. The van der Waals surface area contributed by atoms with Crippen molar-refractivity contribution in [2.75, 3.05) is 13.1 Å². The van der Waals surface area contributed by atoms with Crippen LogP contribution in [0.1, 0.15) is 54.5 Å². The van der Waals surface area contributed by atoms with Gasteiger partial charge in [0.25, 0.3) is 5.91 Å². The molecule has 1 amide bonds. The molecule has 0 aliphatic heterocycles. The van der Waals surface area contributed by atoms with Gasteiger partial charge in [0, 0.05) is 18.3 Å². The molecule has 0 atom stereocenters. The van der Waals surface area contributed by atoms with Crippen LogP contribution in [0, 0.1) is 11.8 Å². The zero-order valence-corrected chi connectivity index (χ0v) is 14.3. The normalized spacial score (nSPS) is 21.6. The molecule has 0 radical (unpaired) electrons. The van der Waals surface area contributed by atoms with Gasteiger partial charge in [-0.05, 0) is 31.2 Å². The highest BCUT2D eigenvalue weighted by atomic mass is 35.5. The molecule has 21 heavy (non-hydrogen) atoms. The second-order valence-electron chi connectivity index (χ2n) is 5.67. The van der Waals surface area contributed by atoms with Gasteiger partial charge in [-0.1, -0.05) is 26.2 Å². The number of hydrogen-bond acceptors (Lipinski definition) is 4. The van der Waals surface area contributed by atoms with E-state index in [9.17, 15) is 4.79 Å². The minimum atomic E-state index is -0.0397. The molecular weight excluding hydrogens is 306 g/mol. The van der Waals surface area contributed by atoms with E-state index in [1.807, 2.05) is 5.38 Å². The molecule has 1 fully saturated rings. The summed E-state index contributed by atoms with van der Waals surface area (Å²) in [4.78, 5) is 16.3. The monoisotopic (exact) mass is 331 g/mol. The van der Waals surface area contributed by atoms with E-state index in [4.69, 9.17) is 5.73 Å². The topological polar surface area (TPSA) is 68.0 Å². The fourth-order valence-corrected chi connectivity index (χ4v) is 3.62. The molecule has 0 bridgehead atoms. The molecule has 1 aliphatic rings. The van der Waals surface area contributed by atoms with Crippen LogP contribution in [-0.2, 0) is 6.42 Å². The molecule has 2 rings (SSSR count). The molecule has 3 N–H and O–H groups in total. The van der Waals surface area contributed by atoms with E-state index >= 15 is 0 Å². The number of hydrogen-bond donors (Lipinski definition) is 2. The quantitative estimate of drug-likeness (QED) is 0.842. The van der Waals surface area contributed by atoms with Gasteiger partial charge in [-0.2, -0.15) is 0 Å². The molecule has 0 unspecified atom stereocenters. The van der Waals surface area contributed by atoms with Gasteiger partial charge in [0.05, 0.1) is 5.01 Å². The Morgan fingerprint density at radius 1 is 1.38 bits per heavy atom. The minimum Gasteiger partial charge on any atom is -0.350 e. The summed E-state index contributed by atoms with van der Waals surface area (Å²) < 4.78 is 0. The van der Waals surface area contributed by atoms with Crippen LogP contribution in [0.5, 0.6) is 0 Å². The Kier molecular flexibility index (Phi) is 8.22. The van der Waals surface area contributed by atoms with E-state index in [0.29, 0.717) is 18.2 Å². The lowest BCUT2D eigenvalue weighted by Gasteiger charge is -2.27. The highest BCUT2D eigenvalue weighted by molar-refractivity contribution is 7.09. The third-order valence-corrected chi connectivity index (χ3v) is 5.15. The lowest BCUT2D eigenvalue weighted by Crippen LogP contribution is -2.31. The van der Waals surface area contributed by atoms with Crippen molar-refractivity contribution in [3.8, 4) is 0 Å². The van der Waals surface area contributed by atoms with Crippen molar-refractivity contribution < 1.29 is 4.79 Å². The third kappa shape index (κ3) is 5.57. The van der Waals surface area contributed by atoms with Crippen LogP contribution in [0.15, 0.2) is 5.38 Å². The predicted molar refractivity (Wildman–Crippen MR) is 90.2 cm³/mol. The molecule has 4 nitrogen and oxygen atoms in total. The minimum absolute atomic E-state index is 0.